The van der Waals surface area contributed by atoms with Gasteiger partial charge in [0.05, 0.1) is 0 Å². The highest BCUT2D eigenvalue weighted by Crippen LogP contribution is 2.21. The molecule has 0 aliphatic heterocycles. The van der Waals surface area contributed by atoms with Crippen LogP contribution in [0.1, 0.15) is 37.1 Å². The van der Waals surface area contributed by atoms with Crippen LogP contribution in [0, 0.1) is 13.8 Å². The van der Waals surface area contributed by atoms with Crippen molar-refractivity contribution < 1.29 is 0 Å². The highest BCUT2D eigenvalue weighted by Gasteiger charge is 2.10. The standard InChI is InChI=1S/C13H18N4OS/c1-8(2)17-10(4)14-6-11(17)7-19-13-15-9(3)5-12(18)16-13/h5-6,8H,7H2,1-4H3,(H,15,16,18). The Hall–Kier alpha value is -1.56. The van der Waals surface area contributed by atoms with E-state index in [0.717, 1.165) is 23.0 Å². The van der Waals surface area contributed by atoms with Crippen LogP contribution in [0.15, 0.2) is 22.2 Å². The quantitative estimate of drug-likeness (QED) is 0.689. The third-order valence-electron chi connectivity index (χ3n) is 2.78. The molecule has 0 bridgehead atoms. The van der Waals surface area contributed by atoms with E-state index < -0.39 is 0 Å². The van der Waals surface area contributed by atoms with Crippen LogP contribution in [0.4, 0.5) is 0 Å². The lowest BCUT2D eigenvalue weighted by Gasteiger charge is -2.13. The van der Waals surface area contributed by atoms with E-state index in [2.05, 4.69) is 33.4 Å². The van der Waals surface area contributed by atoms with Crippen molar-refractivity contribution in [3.63, 3.8) is 0 Å². The number of aromatic nitrogens is 4. The van der Waals surface area contributed by atoms with Gasteiger partial charge < -0.3 is 9.55 Å². The molecule has 0 saturated carbocycles. The first-order valence-corrected chi connectivity index (χ1v) is 7.19. The van der Waals surface area contributed by atoms with E-state index in [0.29, 0.717) is 11.2 Å². The zero-order valence-electron chi connectivity index (χ0n) is 11.6. The Kier molecular flexibility index (Phi) is 4.09. The molecular formula is C13H18N4OS. The summed E-state index contributed by atoms with van der Waals surface area (Å²) in [4.78, 5) is 22.8. The first kappa shape index (κ1) is 13.9. The first-order chi connectivity index (χ1) is 8.97. The van der Waals surface area contributed by atoms with Gasteiger partial charge in [0.1, 0.15) is 5.82 Å². The fourth-order valence-corrected chi connectivity index (χ4v) is 2.95. The maximum atomic E-state index is 11.4. The van der Waals surface area contributed by atoms with Crippen molar-refractivity contribution in [2.24, 2.45) is 0 Å². The Labute approximate surface area is 116 Å². The van der Waals surface area contributed by atoms with Gasteiger partial charge >= 0.3 is 0 Å². The second-order valence-corrected chi connectivity index (χ2v) is 5.71. The smallest absolute Gasteiger partial charge is 0.251 e. The molecule has 0 aliphatic rings. The molecule has 2 heterocycles. The van der Waals surface area contributed by atoms with E-state index in [-0.39, 0.29) is 5.56 Å². The molecule has 0 atom stereocenters. The van der Waals surface area contributed by atoms with E-state index in [9.17, 15) is 4.79 Å². The molecular weight excluding hydrogens is 260 g/mol. The molecule has 0 fully saturated rings. The van der Waals surface area contributed by atoms with Crippen LogP contribution in [0.5, 0.6) is 0 Å². The van der Waals surface area contributed by atoms with E-state index >= 15 is 0 Å². The third-order valence-corrected chi connectivity index (χ3v) is 3.69. The van der Waals surface area contributed by atoms with Crippen LogP contribution in [-0.4, -0.2) is 19.5 Å². The lowest BCUT2D eigenvalue weighted by Crippen LogP contribution is -2.09. The fourth-order valence-electron chi connectivity index (χ4n) is 2.07. The number of hydrogen-bond donors (Lipinski definition) is 1. The minimum absolute atomic E-state index is 0.108. The van der Waals surface area contributed by atoms with Crippen LogP contribution >= 0.6 is 11.8 Å². The summed E-state index contributed by atoms with van der Waals surface area (Å²) in [5, 5.41) is 0.652. The molecule has 102 valence electrons. The van der Waals surface area contributed by atoms with Crippen LogP contribution in [0.3, 0.4) is 0 Å². The maximum Gasteiger partial charge on any atom is 0.251 e. The molecule has 0 unspecified atom stereocenters. The number of rotatable bonds is 4. The molecule has 2 rings (SSSR count). The predicted molar refractivity (Wildman–Crippen MR) is 76.5 cm³/mol. The third kappa shape index (κ3) is 3.26. The van der Waals surface area contributed by atoms with Crippen molar-refractivity contribution in [1.29, 1.82) is 0 Å². The molecule has 0 radical (unpaired) electrons. The van der Waals surface area contributed by atoms with Gasteiger partial charge in [-0.05, 0) is 27.7 Å². The summed E-state index contributed by atoms with van der Waals surface area (Å²) >= 11 is 1.52. The topological polar surface area (TPSA) is 63.6 Å². The molecule has 0 spiro atoms. The van der Waals surface area contributed by atoms with Crippen molar-refractivity contribution in [3.05, 3.63) is 39.8 Å². The summed E-state index contributed by atoms with van der Waals surface area (Å²) < 4.78 is 2.20. The summed E-state index contributed by atoms with van der Waals surface area (Å²) in [5.41, 5.74) is 1.77. The van der Waals surface area contributed by atoms with Crippen LogP contribution in [-0.2, 0) is 5.75 Å². The first-order valence-electron chi connectivity index (χ1n) is 6.21. The number of aryl methyl sites for hydroxylation is 2. The molecule has 5 nitrogen and oxygen atoms in total. The van der Waals surface area contributed by atoms with E-state index in [4.69, 9.17) is 0 Å². The number of imidazole rings is 1. The van der Waals surface area contributed by atoms with Gasteiger partial charge in [0.25, 0.3) is 5.56 Å². The zero-order valence-corrected chi connectivity index (χ0v) is 12.4. The largest absolute Gasteiger partial charge is 0.329 e. The monoisotopic (exact) mass is 278 g/mol. The van der Waals surface area contributed by atoms with Gasteiger partial charge in [-0.1, -0.05) is 11.8 Å². The lowest BCUT2D eigenvalue weighted by molar-refractivity contribution is 0.567. The Balaban J connectivity index is 2.17. The molecule has 2 aromatic heterocycles. The van der Waals surface area contributed by atoms with Gasteiger partial charge in [0.15, 0.2) is 5.16 Å². The van der Waals surface area contributed by atoms with Gasteiger partial charge in [0.2, 0.25) is 0 Å². The number of hydrogen-bond acceptors (Lipinski definition) is 4. The van der Waals surface area contributed by atoms with Crippen molar-refractivity contribution >= 4 is 11.8 Å². The van der Waals surface area contributed by atoms with Crippen molar-refractivity contribution in [2.45, 2.75) is 44.6 Å². The normalized spacial score (nSPS) is 11.2. The van der Waals surface area contributed by atoms with E-state index in [1.807, 2.05) is 20.0 Å². The Morgan fingerprint density at radius 3 is 2.79 bits per heavy atom. The minimum Gasteiger partial charge on any atom is -0.329 e. The summed E-state index contributed by atoms with van der Waals surface area (Å²) in [6, 6.07) is 1.87. The van der Waals surface area contributed by atoms with Crippen LogP contribution in [0.25, 0.3) is 0 Å². The SMILES string of the molecule is Cc1cc(=O)[nH]c(SCc2cnc(C)n2C(C)C)n1. The number of H-pyrrole nitrogens is 1. The number of nitrogens with zero attached hydrogens (tertiary/aromatic N) is 3. The zero-order chi connectivity index (χ0) is 14.0. The molecule has 6 heteroatoms. The average molecular weight is 278 g/mol. The highest BCUT2D eigenvalue weighted by molar-refractivity contribution is 7.98. The summed E-state index contributed by atoms with van der Waals surface area (Å²) in [6.07, 6.45) is 1.89. The van der Waals surface area contributed by atoms with Gasteiger partial charge in [0, 0.05) is 35.4 Å². The van der Waals surface area contributed by atoms with Crippen molar-refractivity contribution in [2.75, 3.05) is 0 Å². The van der Waals surface area contributed by atoms with Crippen LogP contribution in [0.2, 0.25) is 0 Å². The summed E-state index contributed by atoms with van der Waals surface area (Å²) in [7, 11) is 0. The fraction of sp³-hybridized carbons (Fsp3) is 0.462. The van der Waals surface area contributed by atoms with E-state index in [1.54, 1.807) is 0 Å². The summed E-state index contributed by atoms with van der Waals surface area (Å²) in [5.74, 6) is 1.75. The Bertz CT molecular complexity index is 630. The van der Waals surface area contributed by atoms with Crippen LogP contribution < -0.4 is 5.56 Å². The maximum absolute atomic E-state index is 11.4. The van der Waals surface area contributed by atoms with E-state index in [1.165, 1.54) is 17.8 Å². The number of aromatic amines is 1. The molecule has 0 aromatic carbocycles. The van der Waals surface area contributed by atoms with Gasteiger partial charge in [-0.3, -0.25) is 4.79 Å². The molecule has 1 N–H and O–H groups in total. The highest BCUT2D eigenvalue weighted by atomic mass is 32.2. The Morgan fingerprint density at radius 2 is 2.16 bits per heavy atom. The minimum atomic E-state index is -0.108. The lowest BCUT2D eigenvalue weighted by atomic mass is 10.3. The Morgan fingerprint density at radius 1 is 1.42 bits per heavy atom. The predicted octanol–water partition coefficient (Wildman–Crippen LogP) is 2.46. The summed E-state index contributed by atoms with van der Waals surface area (Å²) in [6.45, 7) is 8.09. The second kappa shape index (κ2) is 5.61. The average Bonchev–Trinajstić information content (AvgIpc) is 2.66. The molecule has 0 amide bonds. The second-order valence-electron chi connectivity index (χ2n) is 4.74. The molecule has 0 aliphatic carbocycles. The van der Waals surface area contributed by atoms with Gasteiger partial charge in [-0.25, -0.2) is 9.97 Å². The van der Waals surface area contributed by atoms with Gasteiger partial charge in [-0.2, -0.15) is 0 Å². The number of nitrogens with one attached hydrogen (secondary N) is 1. The molecule has 0 saturated heterocycles. The van der Waals surface area contributed by atoms with Crippen molar-refractivity contribution in [1.82, 2.24) is 19.5 Å². The van der Waals surface area contributed by atoms with Gasteiger partial charge in [-0.15, -0.1) is 0 Å². The number of thioether (sulfide) groups is 1. The molecule has 2 aromatic rings. The van der Waals surface area contributed by atoms with Crippen molar-refractivity contribution in [3.8, 4) is 0 Å². The molecule has 19 heavy (non-hydrogen) atoms.